The molecule has 0 spiro atoms. The number of aromatic amines is 1. The number of carbonyl (C=O) groups is 1. The van der Waals surface area contributed by atoms with E-state index in [1.807, 2.05) is 41.4 Å². The fourth-order valence-electron chi connectivity index (χ4n) is 3.41. The summed E-state index contributed by atoms with van der Waals surface area (Å²) in [6.45, 7) is 1.61. The van der Waals surface area contributed by atoms with E-state index in [1.165, 1.54) is 0 Å². The monoisotopic (exact) mass is 320 g/mol. The van der Waals surface area contributed by atoms with Gasteiger partial charge in [-0.15, -0.1) is 0 Å². The highest BCUT2D eigenvalue weighted by atomic mass is 16.2. The van der Waals surface area contributed by atoms with Crippen LogP contribution in [0.1, 0.15) is 28.9 Å². The molecular weight excluding hydrogens is 300 g/mol. The molecule has 0 aliphatic carbocycles. The first-order valence-electron chi connectivity index (χ1n) is 8.41. The van der Waals surface area contributed by atoms with Crippen molar-refractivity contribution in [3.63, 3.8) is 0 Å². The van der Waals surface area contributed by atoms with Crippen LogP contribution in [0.4, 0.5) is 0 Å². The number of aromatic nitrogens is 3. The van der Waals surface area contributed by atoms with Crippen molar-refractivity contribution in [1.29, 1.82) is 0 Å². The van der Waals surface area contributed by atoms with Crippen molar-refractivity contribution < 1.29 is 4.79 Å². The lowest BCUT2D eigenvalue weighted by atomic mass is 9.92. The Bertz CT molecular complexity index is 835. The summed E-state index contributed by atoms with van der Waals surface area (Å²) in [6, 6.07) is 9.83. The smallest absolute Gasteiger partial charge is 0.255 e. The molecule has 0 radical (unpaired) electrons. The largest absolute Gasteiger partial charge is 0.351 e. The highest BCUT2D eigenvalue weighted by Gasteiger charge is 2.24. The summed E-state index contributed by atoms with van der Waals surface area (Å²) in [4.78, 5) is 26.4. The molecule has 3 heterocycles. The van der Waals surface area contributed by atoms with E-state index in [4.69, 9.17) is 0 Å². The van der Waals surface area contributed by atoms with Gasteiger partial charge in [-0.3, -0.25) is 9.78 Å². The van der Waals surface area contributed by atoms with E-state index in [2.05, 4.69) is 15.0 Å². The summed E-state index contributed by atoms with van der Waals surface area (Å²) in [6.07, 6.45) is 8.42. The van der Waals surface area contributed by atoms with E-state index in [-0.39, 0.29) is 5.91 Å². The number of likely N-dealkylation sites (tertiary alicyclic amines) is 1. The SMILES string of the molecule is O=C(c1cnc2ccccc2c1)N1CCC(Cc2c[nH]cn2)CC1. The summed E-state index contributed by atoms with van der Waals surface area (Å²) >= 11 is 0. The first-order valence-corrected chi connectivity index (χ1v) is 8.41. The van der Waals surface area contributed by atoms with Gasteiger partial charge >= 0.3 is 0 Å². The second kappa shape index (κ2) is 6.43. The zero-order chi connectivity index (χ0) is 16.4. The van der Waals surface area contributed by atoms with Gasteiger partial charge in [0.05, 0.1) is 23.1 Å². The standard InChI is InChI=1S/C19H20N4O/c24-19(16-10-15-3-1-2-4-18(15)21-11-16)23-7-5-14(6-8-23)9-17-12-20-13-22-17/h1-4,10-14H,5-9H2,(H,20,22). The van der Waals surface area contributed by atoms with Crippen LogP contribution in [-0.4, -0.2) is 38.8 Å². The van der Waals surface area contributed by atoms with Crippen molar-refractivity contribution in [2.24, 2.45) is 5.92 Å². The molecule has 1 aliphatic rings. The third-order valence-electron chi connectivity index (χ3n) is 4.79. The molecule has 1 amide bonds. The fraction of sp³-hybridized carbons (Fsp3) is 0.316. The van der Waals surface area contributed by atoms with E-state index >= 15 is 0 Å². The van der Waals surface area contributed by atoms with Crippen molar-refractivity contribution in [1.82, 2.24) is 19.9 Å². The second-order valence-electron chi connectivity index (χ2n) is 6.42. The number of fused-ring (bicyclic) bond motifs is 1. The van der Waals surface area contributed by atoms with E-state index in [9.17, 15) is 4.79 Å². The summed E-state index contributed by atoms with van der Waals surface area (Å²) in [7, 11) is 0. The number of carbonyl (C=O) groups excluding carboxylic acids is 1. The Morgan fingerprint density at radius 1 is 1.21 bits per heavy atom. The molecule has 5 heteroatoms. The van der Waals surface area contributed by atoms with Gasteiger partial charge in [-0.25, -0.2) is 4.98 Å². The lowest BCUT2D eigenvalue weighted by molar-refractivity contribution is 0.0690. The van der Waals surface area contributed by atoms with Gasteiger partial charge in [0, 0.05) is 30.9 Å². The molecule has 24 heavy (non-hydrogen) atoms. The number of nitrogens with zero attached hydrogens (tertiary/aromatic N) is 3. The average Bonchev–Trinajstić information content (AvgIpc) is 3.14. The predicted molar refractivity (Wildman–Crippen MR) is 92.7 cm³/mol. The minimum Gasteiger partial charge on any atom is -0.351 e. The zero-order valence-corrected chi connectivity index (χ0v) is 13.5. The number of nitrogens with one attached hydrogen (secondary N) is 1. The Morgan fingerprint density at radius 3 is 2.83 bits per heavy atom. The van der Waals surface area contributed by atoms with Crippen LogP contribution in [0.15, 0.2) is 49.1 Å². The van der Waals surface area contributed by atoms with Crippen LogP contribution in [0.5, 0.6) is 0 Å². The Labute approximate surface area is 140 Å². The minimum absolute atomic E-state index is 0.0893. The number of piperidine rings is 1. The minimum atomic E-state index is 0.0893. The summed E-state index contributed by atoms with van der Waals surface area (Å²) in [5.41, 5.74) is 2.71. The molecule has 3 aromatic rings. The highest BCUT2D eigenvalue weighted by Crippen LogP contribution is 2.22. The fourth-order valence-corrected chi connectivity index (χ4v) is 3.41. The Morgan fingerprint density at radius 2 is 2.04 bits per heavy atom. The molecule has 0 bridgehead atoms. The Kier molecular flexibility index (Phi) is 3.99. The lowest BCUT2D eigenvalue weighted by Crippen LogP contribution is -2.39. The highest BCUT2D eigenvalue weighted by molar-refractivity contribution is 5.97. The van der Waals surface area contributed by atoms with Gasteiger partial charge in [0.15, 0.2) is 0 Å². The van der Waals surface area contributed by atoms with Crippen molar-refractivity contribution in [3.8, 4) is 0 Å². The molecule has 0 saturated carbocycles. The number of para-hydroxylation sites is 1. The molecule has 1 N–H and O–H groups in total. The Balaban J connectivity index is 1.41. The summed E-state index contributed by atoms with van der Waals surface area (Å²) < 4.78 is 0. The molecule has 1 aliphatic heterocycles. The predicted octanol–water partition coefficient (Wildman–Crippen LogP) is 3.05. The molecular formula is C19H20N4O. The van der Waals surface area contributed by atoms with Gasteiger partial charge in [0.1, 0.15) is 0 Å². The molecule has 0 atom stereocenters. The van der Waals surface area contributed by atoms with Crippen LogP contribution in [0, 0.1) is 5.92 Å². The van der Waals surface area contributed by atoms with Gasteiger partial charge in [0.2, 0.25) is 0 Å². The van der Waals surface area contributed by atoms with Crippen LogP contribution in [0.25, 0.3) is 10.9 Å². The van der Waals surface area contributed by atoms with E-state index in [1.54, 1.807) is 12.5 Å². The number of hydrogen-bond acceptors (Lipinski definition) is 3. The van der Waals surface area contributed by atoms with Gasteiger partial charge in [-0.05, 0) is 37.3 Å². The van der Waals surface area contributed by atoms with Crippen LogP contribution in [0.3, 0.4) is 0 Å². The van der Waals surface area contributed by atoms with Crippen LogP contribution in [-0.2, 0) is 6.42 Å². The first kappa shape index (κ1) is 14.9. The Hall–Kier alpha value is -2.69. The molecule has 1 fully saturated rings. The van der Waals surface area contributed by atoms with Gasteiger partial charge in [-0.1, -0.05) is 18.2 Å². The third kappa shape index (κ3) is 3.02. The van der Waals surface area contributed by atoms with E-state index in [0.29, 0.717) is 11.5 Å². The van der Waals surface area contributed by atoms with Crippen LogP contribution < -0.4 is 0 Å². The quantitative estimate of drug-likeness (QED) is 0.807. The topological polar surface area (TPSA) is 61.9 Å². The lowest BCUT2D eigenvalue weighted by Gasteiger charge is -2.31. The maximum absolute atomic E-state index is 12.7. The van der Waals surface area contributed by atoms with Crippen molar-refractivity contribution in [2.75, 3.05) is 13.1 Å². The van der Waals surface area contributed by atoms with E-state index < -0.39 is 0 Å². The summed E-state index contributed by atoms with van der Waals surface area (Å²) in [5.74, 6) is 0.693. The van der Waals surface area contributed by atoms with E-state index in [0.717, 1.165) is 48.9 Å². The van der Waals surface area contributed by atoms with Crippen molar-refractivity contribution in [3.05, 3.63) is 60.3 Å². The molecule has 0 unspecified atom stereocenters. The number of amides is 1. The van der Waals surface area contributed by atoms with Gasteiger partial charge in [0.25, 0.3) is 5.91 Å². The van der Waals surface area contributed by atoms with Crippen LogP contribution in [0.2, 0.25) is 0 Å². The molecule has 1 saturated heterocycles. The molecule has 4 rings (SSSR count). The number of rotatable bonds is 3. The maximum atomic E-state index is 12.7. The third-order valence-corrected chi connectivity index (χ3v) is 4.79. The maximum Gasteiger partial charge on any atom is 0.255 e. The molecule has 5 nitrogen and oxygen atoms in total. The van der Waals surface area contributed by atoms with Crippen molar-refractivity contribution >= 4 is 16.8 Å². The number of H-pyrrole nitrogens is 1. The van der Waals surface area contributed by atoms with Gasteiger partial charge in [-0.2, -0.15) is 0 Å². The normalized spacial score (nSPS) is 15.8. The first-order chi connectivity index (χ1) is 11.8. The zero-order valence-electron chi connectivity index (χ0n) is 13.5. The number of pyridine rings is 1. The van der Waals surface area contributed by atoms with Gasteiger partial charge < -0.3 is 9.88 Å². The summed E-state index contributed by atoms with van der Waals surface area (Å²) in [5, 5.41) is 1.01. The number of hydrogen-bond donors (Lipinski definition) is 1. The number of imidazole rings is 1. The average molecular weight is 320 g/mol. The van der Waals surface area contributed by atoms with Crippen molar-refractivity contribution in [2.45, 2.75) is 19.3 Å². The van der Waals surface area contributed by atoms with Crippen LogP contribution >= 0.6 is 0 Å². The molecule has 2 aromatic heterocycles. The molecule has 1 aromatic carbocycles. The second-order valence-corrected chi connectivity index (χ2v) is 6.42. The molecule has 122 valence electrons. The number of benzene rings is 1.